The highest BCUT2D eigenvalue weighted by Crippen LogP contribution is 2.46. The van der Waals surface area contributed by atoms with Crippen LogP contribution in [0.4, 0.5) is 17.1 Å². The number of nitrogens with zero attached hydrogens (tertiary/aromatic N) is 1. The molecule has 2 heteroatoms. The van der Waals surface area contributed by atoms with E-state index in [4.69, 9.17) is 4.42 Å². The number of anilines is 3. The Kier molecular flexibility index (Phi) is 9.20. The fourth-order valence-electron chi connectivity index (χ4n) is 9.66. The van der Waals surface area contributed by atoms with Gasteiger partial charge < -0.3 is 9.32 Å². The van der Waals surface area contributed by atoms with Gasteiger partial charge in [-0.05, 0) is 120 Å². The molecule has 300 valence electrons. The molecule has 12 rings (SSSR count). The number of benzene rings is 11. The van der Waals surface area contributed by atoms with Crippen molar-refractivity contribution in [2.75, 3.05) is 4.90 Å². The second kappa shape index (κ2) is 15.8. The molecular formula is C62H41NO. The van der Waals surface area contributed by atoms with Crippen molar-refractivity contribution in [2.24, 2.45) is 0 Å². The standard InChI is InChI=1S/C62H41NO/c1-2-15-43(16-3-1)51-19-6-7-20-54(51)55-21-8-9-22-56(55)57-23-10-12-26-59(57)63(49-38-33-45(34-39-49)53-25-14-28-61-62(53)58-24-11-13-27-60(58)64-61)48-36-31-42(32-37-48)46-35-40-52-47(41-46)30-29-44-17-4-5-18-50(44)52/h1-41H. The molecule has 11 aromatic carbocycles. The van der Waals surface area contributed by atoms with Gasteiger partial charge in [-0.15, -0.1) is 0 Å². The molecule has 0 fully saturated rings. The van der Waals surface area contributed by atoms with E-state index in [-0.39, 0.29) is 0 Å². The molecule has 0 radical (unpaired) electrons. The molecule has 0 aliphatic rings. The lowest BCUT2D eigenvalue weighted by molar-refractivity contribution is 0.669. The van der Waals surface area contributed by atoms with Crippen molar-refractivity contribution in [3.63, 3.8) is 0 Å². The van der Waals surface area contributed by atoms with Gasteiger partial charge in [0.15, 0.2) is 0 Å². The van der Waals surface area contributed by atoms with Crippen molar-refractivity contribution in [3.8, 4) is 55.6 Å². The molecule has 0 spiro atoms. The fraction of sp³-hybridized carbons (Fsp3) is 0. The Balaban J connectivity index is 0.999. The Hall–Kier alpha value is -8.46. The van der Waals surface area contributed by atoms with Crippen LogP contribution >= 0.6 is 0 Å². The fourth-order valence-corrected chi connectivity index (χ4v) is 9.66. The van der Waals surface area contributed by atoms with Crippen molar-refractivity contribution in [1.29, 1.82) is 0 Å². The van der Waals surface area contributed by atoms with Gasteiger partial charge in [0.1, 0.15) is 11.2 Å². The van der Waals surface area contributed by atoms with Crippen LogP contribution in [0.15, 0.2) is 253 Å². The predicted octanol–water partition coefficient (Wildman–Crippen LogP) is 17.7. The maximum Gasteiger partial charge on any atom is 0.136 e. The van der Waals surface area contributed by atoms with E-state index in [1.807, 2.05) is 12.1 Å². The molecule has 1 aromatic heterocycles. The minimum Gasteiger partial charge on any atom is -0.456 e. The molecule has 0 amide bonds. The first-order chi connectivity index (χ1) is 31.7. The van der Waals surface area contributed by atoms with Crippen LogP contribution in [0.3, 0.4) is 0 Å². The van der Waals surface area contributed by atoms with Crippen molar-refractivity contribution in [2.45, 2.75) is 0 Å². The van der Waals surface area contributed by atoms with E-state index < -0.39 is 0 Å². The van der Waals surface area contributed by atoms with Crippen molar-refractivity contribution < 1.29 is 4.42 Å². The molecule has 0 unspecified atom stereocenters. The predicted molar refractivity (Wildman–Crippen MR) is 271 cm³/mol. The highest BCUT2D eigenvalue weighted by molar-refractivity contribution is 6.12. The van der Waals surface area contributed by atoms with Gasteiger partial charge in [0.05, 0.1) is 5.69 Å². The molecule has 1 heterocycles. The Labute approximate surface area is 372 Å². The Bertz CT molecular complexity index is 3660. The van der Waals surface area contributed by atoms with Crippen molar-refractivity contribution in [1.82, 2.24) is 0 Å². The molecule has 2 nitrogen and oxygen atoms in total. The van der Waals surface area contributed by atoms with Crippen LogP contribution in [0, 0.1) is 0 Å². The summed E-state index contributed by atoms with van der Waals surface area (Å²) in [6.07, 6.45) is 0. The summed E-state index contributed by atoms with van der Waals surface area (Å²) in [5.74, 6) is 0. The molecule has 64 heavy (non-hydrogen) atoms. The van der Waals surface area contributed by atoms with Gasteiger partial charge in [0.25, 0.3) is 0 Å². The van der Waals surface area contributed by atoms with Crippen LogP contribution in [0.2, 0.25) is 0 Å². The molecular weight excluding hydrogens is 775 g/mol. The second-order valence-corrected chi connectivity index (χ2v) is 16.4. The first-order valence-electron chi connectivity index (χ1n) is 21.9. The highest BCUT2D eigenvalue weighted by atomic mass is 16.3. The number of rotatable bonds is 8. The average molecular weight is 816 g/mol. The summed E-state index contributed by atoms with van der Waals surface area (Å²) in [6, 6.07) is 89.7. The molecule has 0 aliphatic heterocycles. The van der Waals surface area contributed by atoms with Crippen LogP contribution in [-0.2, 0) is 0 Å². The van der Waals surface area contributed by atoms with E-state index in [2.05, 4.69) is 241 Å². The number of hydrogen-bond acceptors (Lipinski definition) is 2. The maximum absolute atomic E-state index is 6.29. The molecule has 0 atom stereocenters. The average Bonchev–Trinajstić information content (AvgIpc) is 3.76. The lowest BCUT2D eigenvalue weighted by atomic mass is 9.88. The minimum atomic E-state index is 0.894. The number of para-hydroxylation sites is 2. The first-order valence-corrected chi connectivity index (χ1v) is 21.9. The molecule has 0 aliphatic carbocycles. The van der Waals surface area contributed by atoms with Gasteiger partial charge in [-0.2, -0.15) is 0 Å². The quantitative estimate of drug-likeness (QED) is 0.142. The summed E-state index contributed by atoms with van der Waals surface area (Å²) >= 11 is 0. The second-order valence-electron chi connectivity index (χ2n) is 16.4. The summed E-state index contributed by atoms with van der Waals surface area (Å²) in [5.41, 5.74) is 16.8. The van der Waals surface area contributed by atoms with E-state index in [0.717, 1.165) is 55.7 Å². The summed E-state index contributed by atoms with van der Waals surface area (Å²) in [6.45, 7) is 0. The number of fused-ring (bicyclic) bond motifs is 6. The third-order valence-corrected chi connectivity index (χ3v) is 12.7. The summed E-state index contributed by atoms with van der Waals surface area (Å²) in [4.78, 5) is 2.41. The van der Waals surface area contributed by atoms with Gasteiger partial charge in [-0.1, -0.05) is 200 Å². The summed E-state index contributed by atoms with van der Waals surface area (Å²) in [7, 11) is 0. The topological polar surface area (TPSA) is 16.4 Å². The zero-order valence-corrected chi connectivity index (χ0v) is 35.0. The van der Waals surface area contributed by atoms with Crippen LogP contribution in [0.5, 0.6) is 0 Å². The van der Waals surface area contributed by atoms with Gasteiger partial charge >= 0.3 is 0 Å². The van der Waals surface area contributed by atoms with E-state index in [1.54, 1.807) is 0 Å². The Morgan fingerprint density at radius 1 is 0.266 bits per heavy atom. The lowest BCUT2D eigenvalue weighted by Gasteiger charge is -2.29. The number of furan rings is 1. The van der Waals surface area contributed by atoms with Gasteiger partial charge in [-0.25, -0.2) is 0 Å². The smallest absolute Gasteiger partial charge is 0.136 e. The summed E-state index contributed by atoms with van der Waals surface area (Å²) < 4.78 is 6.29. The van der Waals surface area contributed by atoms with Crippen LogP contribution in [0.1, 0.15) is 0 Å². The SMILES string of the molecule is c1ccc(-c2ccccc2-c2ccccc2-c2ccccc2N(c2ccc(-c3ccc4c(ccc5ccccc54)c3)cc2)c2ccc(-c3cccc4oc5ccccc5c34)cc2)cc1. The van der Waals surface area contributed by atoms with Crippen molar-refractivity contribution >= 4 is 60.5 Å². The molecule has 12 aromatic rings. The zero-order valence-electron chi connectivity index (χ0n) is 35.0. The van der Waals surface area contributed by atoms with Gasteiger partial charge in [0, 0.05) is 27.7 Å². The minimum absolute atomic E-state index is 0.894. The largest absolute Gasteiger partial charge is 0.456 e. The highest BCUT2D eigenvalue weighted by Gasteiger charge is 2.21. The van der Waals surface area contributed by atoms with Crippen molar-refractivity contribution in [3.05, 3.63) is 249 Å². The molecule has 0 N–H and O–H groups in total. The first kappa shape index (κ1) is 37.3. The third kappa shape index (κ3) is 6.52. The van der Waals surface area contributed by atoms with Gasteiger partial charge in [-0.3, -0.25) is 0 Å². The van der Waals surface area contributed by atoms with Crippen LogP contribution in [0.25, 0.3) is 99.1 Å². The van der Waals surface area contributed by atoms with E-state index in [9.17, 15) is 0 Å². The zero-order chi connectivity index (χ0) is 42.4. The van der Waals surface area contributed by atoms with E-state index in [1.165, 1.54) is 60.5 Å². The normalized spacial score (nSPS) is 11.4. The van der Waals surface area contributed by atoms with Gasteiger partial charge in [0.2, 0.25) is 0 Å². The molecule has 0 bridgehead atoms. The van der Waals surface area contributed by atoms with E-state index in [0.29, 0.717) is 0 Å². The molecule has 0 saturated heterocycles. The Morgan fingerprint density at radius 3 is 1.53 bits per heavy atom. The maximum atomic E-state index is 6.29. The number of hydrogen-bond donors (Lipinski definition) is 0. The lowest BCUT2D eigenvalue weighted by Crippen LogP contribution is -2.11. The van der Waals surface area contributed by atoms with E-state index >= 15 is 0 Å². The third-order valence-electron chi connectivity index (χ3n) is 12.7. The van der Waals surface area contributed by atoms with Crippen LogP contribution in [-0.4, -0.2) is 0 Å². The Morgan fingerprint density at radius 2 is 0.766 bits per heavy atom. The molecule has 0 saturated carbocycles. The monoisotopic (exact) mass is 815 g/mol. The summed E-state index contributed by atoms with van der Waals surface area (Å²) in [5, 5.41) is 7.31. The van der Waals surface area contributed by atoms with Crippen LogP contribution < -0.4 is 4.90 Å².